The minimum absolute atomic E-state index is 0.673. The van der Waals surface area contributed by atoms with Crippen LogP contribution in [0.3, 0.4) is 0 Å². The fourth-order valence-corrected chi connectivity index (χ4v) is 7.06. The van der Waals surface area contributed by atoms with Crippen LogP contribution in [-0.2, 0) is 0 Å². The molecule has 5 aromatic rings. The lowest BCUT2D eigenvalue weighted by Crippen LogP contribution is -1.94. The van der Waals surface area contributed by atoms with Crippen LogP contribution in [0.1, 0.15) is 5.56 Å². The molecule has 5 heteroatoms. The van der Waals surface area contributed by atoms with Crippen molar-refractivity contribution >= 4 is 55.4 Å². The Hall–Kier alpha value is -5.18. The molecule has 184 valence electrons. The summed E-state index contributed by atoms with van der Waals surface area (Å²) in [5.74, 6) is 0. The normalized spacial score (nSPS) is 12.1. The highest BCUT2D eigenvalue weighted by Gasteiger charge is 2.29. The van der Waals surface area contributed by atoms with E-state index in [0.717, 1.165) is 37.9 Å². The van der Waals surface area contributed by atoms with Gasteiger partial charge in [-0.15, -0.1) is 0 Å². The summed E-state index contributed by atoms with van der Waals surface area (Å²) in [5, 5.41) is 13.9. The van der Waals surface area contributed by atoms with Crippen molar-refractivity contribution in [3.05, 3.63) is 115 Å². The molecular weight excluding hydrogens is 508 g/mol. The highest BCUT2D eigenvalue weighted by atomic mass is 32.2. The summed E-state index contributed by atoms with van der Waals surface area (Å²) in [6, 6.07) is 40.0. The maximum Gasteiger partial charge on any atom is 0.0991 e. The Morgan fingerprint density at radius 1 is 0.575 bits per heavy atom. The monoisotopic (exact) mass is 526 g/mol. The summed E-state index contributed by atoms with van der Waals surface area (Å²) >= 11 is 1.70. The van der Waals surface area contributed by atoms with Crippen LogP contribution in [-0.4, -0.2) is 14.5 Å². The number of aromatic nitrogens is 3. The van der Waals surface area contributed by atoms with E-state index in [1.165, 1.54) is 43.7 Å². The molecule has 0 saturated carbocycles. The minimum atomic E-state index is 0.673. The van der Waals surface area contributed by atoms with E-state index in [9.17, 15) is 0 Å². The van der Waals surface area contributed by atoms with Crippen LogP contribution in [0.15, 0.2) is 119 Å². The first kappa shape index (κ1) is 21.7. The van der Waals surface area contributed by atoms with Crippen molar-refractivity contribution in [2.24, 2.45) is 0 Å². The number of para-hydroxylation sites is 2. The van der Waals surface area contributed by atoms with Crippen LogP contribution >= 0.6 is 11.8 Å². The van der Waals surface area contributed by atoms with Gasteiger partial charge in [0.15, 0.2) is 0 Å². The Morgan fingerprint density at radius 3 is 1.60 bits per heavy atom. The molecule has 4 aromatic carbocycles. The summed E-state index contributed by atoms with van der Waals surface area (Å²) in [6.07, 6.45) is 0. The lowest BCUT2D eigenvalue weighted by molar-refractivity contribution is 1.18. The van der Waals surface area contributed by atoms with Crippen molar-refractivity contribution in [2.75, 3.05) is 0 Å². The Kier molecular flexibility index (Phi) is 4.30. The van der Waals surface area contributed by atoms with Crippen LogP contribution in [0.4, 0.5) is 0 Å². The molecule has 4 aliphatic rings. The van der Waals surface area contributed by atoms with E-state index in [1.54, 1.807) is 11.8 Å². The van der Waals surface area contributed by atoms with Crippen LogP contribution in [0.25, 0.3) is 71.8 Å². The molecule has 0 radical (unpaired) electrons. The molecule has 40 heavy (non-hydrogen) atoms. The van der Waals surface area contributed by atoms with Gasteiger partial charge in [-0.3, -0.25) is 0 Å². The van der Waals surface area contributed by atoms with Crippen LogP contribution in [0.2, 0.25) is 0 Å². The van der Waals surface area contributed by atoms with Gasteiger partial charge in [0.2, 0.25) is 0 Å². The lowest BCUT2D eigenvalue weighted by Gasteiger charge is -2.11. The van der Waals surface area contributed by atoms with Crippen molar-refractivity contribution in [2.45, 2.75) is 9.79 Å². The van der Waals surface area contributed by atoms with E-state index in [2.05, 4.69) is 95.6 Å². The maximum atomic E-state index is 9.11. The smallest absolute Gasteiger partial charge is 0.0991 e. The first-order valence-electron chi connectivity index (χ1n) is 13.1. The largest absolute Gasteiger partial charge is 0.308 e. The quantitative estimate of drug-likeness (QED) is 0.230. The van der Waals surface area contributed by atoms with Gasteiger partial charge in [-0.05, 0) is 72.8 Å². The summed E-state index contributed by atoms with van der Waals surface area (Å²) < 4.78 is 2.42. The Bertz CT molecular complexity index is 2230. The second kappa shape index (κ2) is 7.92. The van der Waals surface area contributed by atoms with Gasteiger partial charge in [0, 0.05) is 48.2 Å². The molecule has 0 fully saturated rings. The average molecular weight is 527 g/mol. The number of benzene rings is 4. The summed E-state index contributed by atoms with van der Waals surface area (Å²) in [4.78, 5) is 12.2. The molecule has 0 atom stereocenters. The molecule has 3 heterocycles. The Morgan fingerprint density at radius 2 is 1.07 bits per heavy atom. The number of nitriles is 1. The number of fused-ring (bicyclic) bond motifs is 11. The standard InChI is InChI=1S/C35H18N4S/c36-19-20-9-13-22(14-10-20)40-23-15-11-21(12-16-23)39-34-26(17-30-32(34)24-5-1-3-7-28(24)37-30)27-18-31-33(35(27)39)25-6-2-4-8-29(25)38-31/h1-18H. The molecule has 0 spiro atoms. The molecule has 0 bridgehead atoms. The second-order valence-corrected chi connectivity index (χ2v) is 11.3. The molecule has 1 aromatic heterocycles. The van der Waals surface area contributed by atoms with Gasteiger partial charge in [0.25, 0.3) is 0 Å². The number of hydrogen-bond acceptors (Lipinski definition) is 4. The first-order chi connectivity index (χ1) is 19.8. The Balaban J connectivity index is 1.31. The predicted molar refractivity (Wildman–Crippen MR) is 162 cm³/mol. The highest BCUT2D eigenvalue weighted by Crippen LogP contribution is 2.50. The van der Waals surface area contributed by atoms with Gasteiger partial charge in [-0.1, -0.05) is 48.2 Å². The van der Waals surface area contributed by atoms with Gasteiger partial charge in [0.1, 0.15) is 0 Å². The SMILES string of the molecule is N#Cc1ccc(Sc2ccc(-n3c4c5c6ccccc6nc-5cc4c4cc5nc6ccccc6c-5c43)cc2)cc1. The third kappa shape index (κ3) is 2.91. The molecule has 0 saturated heterocycles. The predicted octanol–water partition coefficient (Wildman–Crippen LogP) is 8.99. The molecule has 9 rings (SSSR count). The second-order valence-electron chi connectivity index (χ2n) is 10.2. The van der Waals surface area contributed by atoms with Crippen LogP contribution < -0.4 is 0 Å². The van der Waals surface area contributed by atoms with E-state index >= 15 is 0 Å². The Labute approximate surface area is 233 Å². The fourth-order valence-electron chi connectivity index (χ4n) is 6.24. The number of nitrogens with zero attached hydrogens (tertiary/aromatic N) is 4. The third-order valence-electron chi connectivity index (χ3n) is 7.94. The summed E-state index contributed by atoms with van der Waals surface area (Å²) in [6.45, 7) is 0. The van der Waals surface area contributed by atoms with Gasteiger partial charge < -0.3 is 4.57 Å². The number of rotatable bonds is 3. The van der Waals surface area contributed by atoms with E-state index in [-0.39, 0.29) is 0 Å². The molecule has 0 amide bonds. The van der Waals surface area contributed by atoms with Crippen LogP contribution in [0.5, 0.6) is 0 Å². The zero-order valence-corrected chi connectivity index (χ0v) is 21.9. The maximum absolute atomic E-state index is 9.11. The van der Waals surface area contributed by atoms with Crippen molar-refractivity contribution in [1.29, 1.82) is 5.26 Å². The summed E-state index contributed by atoms with van der Waals surface area (Å²) in [5.41, 5.74) is 10.7. The van der Waals surface area contributed by atoms with E-state index in [1.807, 2.05) is 24.3 Å². The zero-order valence-electron chi connectivity index (χ0n) is 21.1. The zero-order chi connectivity index (χ0) is 26.4. The van der Waals surface area contributed by atoms with Crippen molar-refractivity contribution < 1.29 is 0 Å². The highest BCUT2D eigenvalue weighted by molar-refractivity contribution is 7.99. The van der Waals surface area contributed by atoms with E-state index < -0.39 is 0 Å². The van der Waals surface area contributed by atoms with Crippen molar-refractivity contribution in [3.63, 3.8) is 0 Å². The van der Waals surface area contributed by atoms with Gasteiger partial charge in [-0.2, -0.15) is 5.26 Å². The van der Waals surface area contributed by atoms with Gasteiger partial charge in [-0.25, -0.2) is 9.97 Å². The van der Waals surface area contributed by atoms with Gasteiger partial charge >= 0.3 is 0 Å². The molecule has 2 aliphatic carbocycles. The topological polar surface area (TPSA) is 54.5 Å². The average Bonchev–Trinajstić information content (AvgIpc) is 3.76. The lowest BCUT2D eigenvalue weighted by atomic mass is 10.1. The molecule has 2 aliphatic heterocycles. The van der Waals surface area contributed by atoms with Crippen molar-refractivity contribution in [1.82, 2.24) is 14.5 Å². The fraction of sp³-hybridized carbons (Fsp3) is 0. The first-order valence-corrected chi connectivity index (χ1v) is 14.0. The van der Waals surface area contributed by atoms with Crippen LogP contribution in [0, 0.1) is 11.3 Å². The molecular formula is C35H18N4S. The van der Waals surface area contributed by atoms with Crippen molar-refractivity contribution in [3.8, 4) is 34.3 Å². The summed E-state index contributed by atoms with van der Waals surface area (Å²) in [7, 11) is 0. The molecule has 0 unspecified atom stereocenters. The number of hydrogen-bond donors (Lipinski definition) is 0. The van der Waals surface area contributed by atoms with Gasteiger partial charge in [0.05, 0.1) is 45.1 Å². The third-order valence-corrected chi connectivity index (χ3v) is 8.95. The molecule has 0 N–H and O–H groups in total. The molecule has 4 nitrogen and oxygen atoms in total. The minimum Gasteiger partial charge on any atom is -0.308 e. The van der Waals surface area contributed by atoms with E-state index in [0.29, 0.717) is 5.56 Å². The van der Waals surface area contributed by atoms with E-state index in [4.69, 9.17) is 15.2 Å².